The van der Waals surface area contributed by atoms with Crippen molar-refractivity contribution in [3.63, 3.8) is 0 Å². The van der Waals surface area contributed by atoms with Crippen molar-refractivity contribution in [2.75, 3.05) is 6.79 Å². The van der Waals surface area contributed by atoms with Crippen LogP contribution in [0.25, 0.3) is 21.5 Å². The summed E-state index contributed by atoms with van der Waals surface area (Å²) in [5, 5.41) is 7.11. The summed E-state index contributed by atoms with van der Waals surface area (Å²) in [5.74, 6) is 1.22. The number of carbonyl (C=O) groups is 1. The molecule has 0 bridgehead atoms. The van der Waals surface area contributed by atoms with Crippen molar-refractivity contribution in [3.8, 4) is 22.1 Å². The average molecular weight is 430 g/mol. The molecule has 0 saturated carbocycles. The van der Waals surface area contributed by atoms with Crippen molar-refractivity contribution >= 4 is 33.9 Å². The van der Waals surface area contributed by atoms with E-state index in [-0.39, 0.29) is 12.7 Å². The third-order valence-corrected chi connectivity index (χ3v) is 5.87. The zero-order chi connectivity index (χ0) is 21.2. The number of hydrogen-bond donors (Lipinski definition) is 1. The van der Waals surface area contributed by atoms with Crippen LogP contribution in [0, 0.1) is 0 Å². The molecular formula is C24H19N3O3S. The van der Waals surface area contributed by atoms with Gasteiger partial charge < -0.3 is 9.47 Å². The lowest BCUT2D eigenvalue weighted by atomic mass is 10.1. The van der Waals surface area contributed by atoms with Gasteiger partial charge in [0.1, 0.15) is 0 Å². The smallest absolute Gasteiger partial charge is 0.272 e. The molecule has 1 aliphatic heterocycles. The van der Waals surface area contributed by atoms with Gasteiger partial charge in [-0.05, 0) is 48.2 Å². The molecule has 0 unspecified atom stereocenters. The molecule has 4 aromatic rings. The molecule has 1 aliphatic rings. The predicted octanol–water partition coefficient (Wildman–Crippen LogP) is 5.04. The van der Waals surface area contributed by atoms with Gasteiger partial charge in [0.2, 0.25) is 6.79 Å². The number of hydrazone groups is 1. The fraction of sp³-hybridized carbons (Fsp3) is 0.125. The van der Waals surface area contributed by atoms with Crippen LogP contribution in [-0.2, 0) is 6.42 Å². The third kappa shape index (κ3) is 4.00. The maximum Gasteiger partial charge on any atom is 0.272 e. The highest BCUT2D eigenvalue weighted by Gasteiger charge is 2.15. The fourth-order valence-electron chi connectivity index (χ4n) is 3.51. The number of amides is 1. The lowest BCUT2D eigenvalue weighted by molar-refractivity contribution is 0.0956. The van der Waals surface area contributed by atoms with Crippen LogP contribution in [0.3, 0.4) is 0 Å². The molecule has 154 valence electrons. The van der Waals surface area contributed by atoms with Gasteiger partial charge >= 0.3 is 0 Å². The lowest BCUT2D eigenvalue weighted by Crippen LogP contribution is -2.20. The second kappa shape index (κ2) is 8.20. The average Bonchev–Trinajstić information content (AvgIpc) is 3.48. The molecule has 0 radical (unpaired) electrons. The first-order valence-electron chi connectivity index (χ1n) is 9.83. The molecule has 7 heteroatoms. The van der Waals surface area contributed by atoms with E-state index in [1.54, 1.807) is 11.3 Å². The van der Waals surface area contributed by atoms with Gasteiger partial charge in [0.25, 0.3) is 5.91 Å². The van der Waals surface area contributed by atoms with Crippen molar-refractivity contribution in [3.05, 3.63) is 77.2 Å². The Morgan fingerprint density at radius 2 is 1.97 bits per heavy atom. The van der Waals surface area contributed by atoms with E-state index in [0.717, 1.165) is 44.2 Å². The van der Waals surface area contributed by atoms with Crippen LogP contribution in [0.5, 0.6) is 11.5 Å². The van der Waals surface area contributed by atoms with Gasteiger partial charge in [0, 0.05) is 17.5 Å². The van der Waals surface area contributed by atoms with Crippen LogP contribution in [-0.4, -0.2) is 23.4 Å². The van der Waals surface area contributed by atoms with Crippen LogP contribution >= 0.6 is 11.3 Å². The third-order valence-electron chi connectivity index (χ3n) is 4.98. The topological polar surface area (TPSA) is 72.8 Å². The minimum Gasteiger partial charge on any atom is -0.454 e. The predicted molar refractivity (Wildman–Crippen MR) is 122 cm³/mol. The minimum absolute atomic E-state index is 0.245. The molecule has 6 nitrogen and oxygen atoms in total. The number of aromatic nitrogens is 1. The Bertz CT molecular complexity index is 1300. The maximum atomic E-state index is 13.0. The summed E-state index contributed by atoms with van der Waals surface area (Å²) in [6, 6.07) is 19.2. The number of thiophene rings is 1. The second-order valence-electron chi connectivity index (χ2n) is 7.20. The van der Waals surface area contributed by atoms with Crippen LogP contribution in [0.1, 0.15) is 22.8 Å². The Morgan fingerprint density at radius 1 is 1.10 bits per heavy atom. The summed E-state index contributed by atoms with van der Waals surface area (Å²) < 4.78 is 10.8. The van der Waals surface area contributed by atoms with E-state index in [2.05, 4.69) is 10.5 Å². The molecule has 0 spiro atoms. The number of nitrogens with one attached hydrogen (secondary N) is 1. The largest absolute Gasteiger partial charge is 0.454 e. The summed E-state index contributed by atoms with van der Waals surface area (Å²) in [4.78, 5) is 18.7. The number of pyridine rings is 1. The van der Waals surface area contributed by atoms with Gasteiger partial charge in [-0.1, -0.05) is 30.3 Å². The number of hydrogen-bond acceptors (Lipinski definition) is 6. The van der Waals surface area contributed by atoms with Crippen molar-refractivity contribution in [1.82, 2.24) is 10.4 Å². The number of nitrogens with zero attached hydrogens (tertiary/aromatic N) is 2. The van der Waals surface area contributed by atoms with Gasteiger partial charge in [-0.15, -0.1) is 11.3 Å². The summed E-state index contributed by atoms with van der Waals surface area (Å²) in [6.07, 6.45) is 0.592. The zero-order valence-corrected chi connectivity index (χ0v) is 17.6. The van der Waals surface area contributed by atoms with Crippen molar-refractivity contribution < 1.29 is 14.3 Å². The molecule has 2 aromatic heterocycles. The van der Waals surface area contributed by atoms with Crippen LogP contribution in [0.4, 0.5) is 0 Å². The Labute approximate surface area is 183 Å². The molecule has 0 fully saturated rings. The molecular weight excluding hydrogens is 410 g/mol. The highest BCUT2D eigenvalue weighted by atomic mass is 32.1. The standard InChI is InChI=1S/C24H19N3O3S/c1-15(11-16-8-9-21-22(12-16)30-14-29-21)26-27-24(28)18-13-20(23-7-4-10-31-23)25-19-6-3-2-5-17(18)19/h2-10,12-13H,11,14H2,1H3,(H,27,28). The van der Waals surface area contributed by atoms with Crippen molar-refractivity contribution in [2.24, 2.45) is 5.10 Å². The fourth-order valence-corrected chi connectivity index (χ4v) is 4.19. The number of carbonyl (C=O) groups excluding carboxylic acids is 1. The molecule has 0 aliphatic carbocycles. The molecule has 1 N–H and O–H groups in total. The van der Waals surface area contributed by atoms with E-state index in [4.69, 9.17) is 14.5 Å². The minimum atomic E-state index is -0.263. The molecule has 0 atom stereocenters. The van der Waals surface area contributed by atoms with E-state index >= 15 is 0 Å². The number of rotatable bonds is 5. The van der Waals surface area contributed by atoms with E-state index in [1.807, 2.05) is 73.0 Å². The van der Waals surface area contributed by atoms with Gasteiger partial charge in [-0.3, -0.25) is 4.79 Å². The van der Waals surface area contributed by atoms with Gasteiger partial charge in [-0.2, -0.15) is 5.10 Å². The number of para-hydroxylation sites is 1. The Morgan fingerprint density at radius 3 is 2.84 bits per heavy atom. The molecule has 3 heterocycles. The van der Waals surface area contributed by atoms with Gasteiger partial charge in [-0.25, -0.2) is 10.4 Å². The van der Waals surface area contributed by atoms with Crippen molar-refractivity contribution in [1.29, 1.82) is 0 Å². The van der Waals surface area contributed by atoms with Crippen molar-refractivity contribution in [2.45, 2.75) is 13.3 Å². The lowest BCUT2D eigenvalue weighted by Gasteiger charge is -2.09. The first-order valence-corrected chi connectivity index (χ1v) is 10.7. The maximum absolute atomic E-state index is 13.0. The normalized spacial score (nSPS) is 12.9. The molecule has 5 rings (SSSR count). The van der Waals surface area contributed by atoms with Gasteiger partial charge in [0.15, 0.2) is 11.5 Å². The highest BCUT2D eigenvalue weighted by Crippen LogP contribution is 2.32. The quantitative estimate of drug-likeness (QED) is 0.356. The first kappa shape index (κ1) is 19.3. The van der Waals surface area contributed by atoms with E-state index in [0.29, 0.717) is 12.0 Å². The molecule has 2 aromatic carbocycles. The summed E-state index contributed by atoms with van der Waals surface area (Å²) in [5.41, 5.74) is 6.63. The van der Waals surface area contributed by atoms with E-state index in [1.165, 1.54) is 0 Å². The van der Waals surface area contributed by atoms with E-state index < -0.39 is 0 Å². The monoisotopic (exact) mass is 429 g/mol. The number of benzene rings is 2. The first-order chi connectivity index (χ1) is 15.2. The number of fused-ring (bicyclic) bond motifs is 2. The summed E-state index contributed by atoms with van der Waals surface area (Å²) in [6.45, 7) is 2.13. The molecule has 1 amide bonds. The second-order valence-corrected chi connectivity index (χ2v) is 8.15. The van der Waals surface area contributed by atoms with E-state index in [9.17, 15) is 4.79 Å². The number of ether oxygens (including phenoxy) is 2. The Balaban J connectivity index is 1.38. The van der Waals surface area contributed by atoms with Crippen LogP contribution in [0.15, 0.2) is 71.1 Å². The Kier molecular flexibility index (Phi) is 5.09. The van der Waals surface area contributed by atoms with Crippen LogP contribution in [0.2, 0.25) is 0 Å². The summed E-state index contributed by atoms with van der Waals surface area (Å²) >= 11 is 1.59. The SMILES string of the molecule is CC(Cc1ccc2c(c1)OCO2)=NNC(=O)c1cc(-c2cccs2)nc2ccccc12. The molecule has 0 saturated heterocycles. The summed E-state index contributed by atoms with van der Waals surface area (Å²) in [7, 11) is 0. The highest BCUT2D eigenvalue weighted by molar-refractivity contribution is 7.13. The zero-order valence-electron chi connectivity index (χ0n) is 16.8. The van der Waals surface area contributed by atoms with Crippen LogP contribution < -0.4 is 14.9 Å². The molecule has 31 heavy (non-hydrogen) atoms. The Hall–Kier alpha value is -3.71. The van der Waals surface area contributed by atoms with Gasteiger partial charge in [0.05, 0.1) is 21.7 Å².